The summed E-state index contributed by atoms with van der Waals surface area (Å²) in [7, 11) is 0. The molecule has 0 aromatic heterocycles. The molecule has 2 N–H and O–H groups in total. The van der Waals surface area contributed by atoms with Gasteiger partial charge in [0.25, 0.3) is 0 Å². The molecular weight excluding hydrogens is 356 g/mol. The average molecular weight is 378 g/mol. The van der Waals surface area contributed by atoms with E-state index in [-0.39, 0.29) is 0 Å². The van der Waals surface area contributed by atoms with Crippen molar-refractivity contribution in [2.75, 3.05) is 0 Å². The minimum Gasteiger partial charge on any atom is -0.479 e. The number of ether oxygens (including phenoxy) is 4. The van der Waals surface area contributed by atoms with Crippen LogP contribution in [0.15, 0.2) is 0 Å². The smallest absolute Gasteiger partial charge is 0.347 e. The Kier molecular flexibility index (Phi) is 9.27. The molecule has 0 bridgehead atoms. The molecule has 148 valence electrons. The first kappa shape index (κ1) is 23.3. The zero-order valence-electron chi connectivity index (χ0n) is 15.0. The first-order valence-electron chi connectivity index (χ1n) is 7.59. The topological polar surface area (TPSA) is 163 Å². The third-order valence-electron chi connectivity index (χ3n) is 2.86. The lowest BCUT2D eigenvalue weighted by Gasteiger charge is -2.19. The van der Waals surface area contributed by atoms with Crippen molar-refractivity contribution in [3.8, 4) is 0 Å². The predicted molar refractivity (Wildman–Crippen MR) is 81.5 cm³/mol. The number of carboxylic acid groups (broad SMARTS) is 1. The molecule has 0 saturated carbocycles. The Hall–Kier alpha value is -2.69. The summed E-state index contributed by atoms with van der Waals surface area (Å²) in [6.45, 7) is 5.74. The Morgan fingerprint density at radius 1 is 0.577 bits per heavy atom. The van der Waals surface area contributed by atoms with Gasteiger partial charge in [-0.05, 0) is 34.6 Å². The van der Waals surface area contributed by atoms with Gasteiger partial charge in [-0.2, -0.15) is 0 Å². The van der Waals surface area contributed by atoms with Crippen LogP contribution in [0.2, 0.25) is 0 Å². The molecular formula is C15H22O11. The summed E-state index contributed by atoms with van der Waals surface area (Å²) >= 11 is 0. The van der Waals surface area contributed by atoms with Crippen LogP contribution in [0.3, 0.4) is 0 Å². The summed E-state index contributed by atoms with van der Waals surface area (Å²) in [5.41, 5.74) is 0. The fourth-order valence-electron chi connectivity index (χ4n) is 1.28. The van der Waals surface area contributed by atoms with Crippen molar-refractivity contribution in [1.82, 2.24) is 0 Å². The van der Waals surface area contributed by atoms with E-state index in [1.165, 1.54) is 6.92 Å². The fourth-order valence-corrected chi connectivity index (χ4v) is 1.28. The first-order valence-corrected chi connectivity index (χ1v) is 7.59. The van der Waals surface area contributed by atoms with E-state index in [4.69, 9.17) is 19.7 Å². The molecule has 0 aromatic rings. The van der Waals surface area contributed by atoms with Crippen LogP contribution in [0.5, 0.6) is 0 Å². The van der Waals surface area contributed by atoms with E-state index in [0.717, 1.165) is 27.7 Å². The molecule has 0 aliphatic heterocycles. The number of carbonyl (C=O) groups is 5. The van der Waals surface area contributed by atoms with Crippen molar-refractivity contribution in [3.05, 3.63) is 0 Å². The number of rotatable bonds is 9. The van der Waals surface area contributed by atoms with Gasteiger partial charge in [0.1, 0.15) is 6.10 Å². The maximum atomic E-state index is 11.8. The van der Waals surface area contributed by atoms with Crippen molar-refractivity contribution in [3.63, 3.8) is 0 Å². The number of carboxylic acids is 1. The second kappa shape index (κ2) is 10.3. The van der Waals surface area contributed by atoms with Gasteiger partial charge in [0.2, 0.25) is 0 Å². The van der Waals surface area contributed by atoms with Crippen LogP contribution in [-0.2, 0) is 42.9 Å². The Balaban J connectivity index is 4.54. The second-order valence-electron chi connectivity index (χ2n) is 5.33. The minimum atomic E-state index is -1.44. The van der Waals surface area contributed by atoms with Crippen LogP contribution in [0, 0.1) is 0 Å². The number of aliphatic carboxylic acids is 1. The molecule has 0 fully saturated rings. The van der Waals surface area contributed by atoms with Crippen LogP contribution in [-0.4, -0.2) is 70.6 Å². The SMILES string of the molecule is CC(O)C(=O)OC(C)C(=O)OC(C)C(=O)OC(C)C(=O)OC(C)C(=O)O. The molecule has 0 rings (SSSR count). The molecule has 26 heavy (non-hydrogen) atoms. The minimum absolute atomic E-state index is 1.05. The summed E-state index contributed by atoms with van der Waals surface area (Å²) < 4.78 is 18.6. The van der Waals surface area contributed by atoms with E-state index in [0.29, 0.717) is 0 Å². The fraction of sp³-hybridized carbons (Fsp3) is 0.667. The molecule has 0 aliphatic rings. The lowest BCUT2D eigenvalue weighted by molar-refractivity contribution is -0.185. The monoisotopic (exact) mass is 378 g/mol. The predicted octanol–water partition coefficient (Wildman–Crippen LogP) is -0.821. The molecule has 0 amide bonds. The van der Waals surface area contributed by atoms with E-state index in [1.54, 1.807) is 0 Å². The number of hydrogen-bond donors (Lipinski definition) is 2. The Bertz CT molecular complexity index is 554. The van der Waals surface area contributed by atoms with Crippen molar-refractivity contribution >= 4 is 29.8 Å². The molecule has 0 spiro atoms. The molecule has 11 nitrogen and oxygen atoms in total. The second-order valence-corrected chi connectivity index (χ2v) is 5.33. The normalized spacial score (nSPS) is 16.2. The maximum absolute atomic E-state index is 11.8. The van der Waals surface area contributed by atoms with Crippen LogP contribution in [0.4, 0.5) is 0 Å². The lowest BCUT2D eigenvalue weighted by atomic mass is 10.3. The van der Waals surface area contributed by atoms with Gasteiger partial charge in [0.15, 0.2) is 24.4 Å². The molecule has 0 aromatic carbocycles. The number of aliphatic hydroxyl groups is 1. The molecule has 11 heteroatoms. The number of carbonyl (C=O) groups excluding carboxylic acids is 4. The molecule has 5 unspecified atom stereocenters. The summed E-state index contributed by atoms with van der Waals surface area (Å²) in [6, 6.07) is 0. The van der Waals surface area contributed by atoms with Gasteiger partial charge in [-0.15, -0.1) is 0 Å². The van der Waals surface area contributed by atoms with Gasteiger partial charge in [0, 0.05) is 0 Å². The summed E-state index contributed by atoms with van der Waals surface area (Å²) in [5, 5.41) is 17.6. The third kappa shape index (κ3) is 7.92. The van der Waals surface area contributed by atoms with E-state index in [9.17, 15) is 24.0 Å². The standard InChI is InChI=1S/C15H22O11/c1-6(16)12(19)24-8(3)14(21)26-10(5)15(22)25-9(4)13(20)23-7(2)11(17)18/h6-10,16H,1-5H3,(H,17,18). The molecule has 0 saturated heterocycles. The quantitative estimate of drug-likeness (QED) is 0.380. The van der Waals surface area contributed by atoms with Gasteiger partial charge in [0.05, 0.1) is 0 Å². The average Bonchev–Trinajstić information content (AvgIpc) is 2.53. The molecule has 5 atom stereocenters. The first-order chi connectivity index (χ1) is 11.9. The Morgan fingerprint density at radius 2 is 0.846 bits per heavy atom. The van der Waals surface area contributed by atoms with Crippen LogP contribution >= 0.6 is 0 Å². The Morgan fingerprint density at radius 3 is 1.12 bits per heavy atom. The highest BCUT2D eigenvalue weighted by atomic mass is 16.6. The third-order valence-corrected chi connectivity index (χ3v) is 2.86. The van der Waals surface area contributed by atoms with Crippen LogP contribution in [0.1, 0.15) is 34.6 Å². The maximum Gasteiger partial charge on any atom is 0.347 e. The van der Waals surface area contributed by atoms with Gasteiger partial charge in [-0.1, -0.05) is 0 Å². The van der Waals surface area contributed by atoms with Crippen molar-refractivity contribution in [2.24, 2.45) is 0 Å². The summed E-state index contributed by atoms with van der Waals surface area (Å²) in [6.07, 6.45) is -7.12. The van der Waals surface area contributed by atoms with Gasteiger partial charge in [-0.3, -0.25) is 0 Å². The van der Waals surface area contributed by atoms with Gasteiger partial charge >= 0.3 is 29.8 Å². The number of hydrogen-bond acceptors (Lipinski definition) is 10. The summed E-state index contributed by atoms with van der Waals surface area (Å²) in [4.78, 5) is 56.9. The summed E-state index contributed by atoms with van der Waals surface area (Å²) in [5.74, 6) is -5.68. The lowest BCUT2D eigenvalue weighted by Crippen LogP contribution is -2.38. The van der Waals surface area contributed by atoms with Crippen molar-refractivity contribution in [1.29, 1.82) is 0 Å². The Labute approximate surface area is 149 Å². The highest BCUT2D eigenvalue weighted by Gasteiger charge is 2.30. The van der Waals surface area contributed by atoms with E-state index in [1.807, 2.05) is 0 Å². The molecule has 0 aliphatic carbocycles. The van der Waals surface area contributed by atoms with E-state index in [2.05, 4.69) is 9.47 Å². The highest BCUT2D eigenvalue weighted by molar-refractivity contribution is 5.85. The van der Waals surface area contributed by atoms with Crippen LogP contribution in [0.25, 0.3) is 0 Å². The molecule has 0 heterocycles. The zero-order chi connectivity index (χ0) is 20.6. The van der Waals surface area contributed by atoms with Gasteiger partial charge in [-0.25, -0.2) is 24.0 Å². The number of aliphatic hydroxyl groups excluding tert-OH is 1. The highest BCUT2D eigenvalue weighted by Crippen LogP contribution is 2.06. The van der Waals surface area contributed by atoms with Crippen molar-refractivity contribution in [2.45, 2.75) is 65.1 Å². The van der Waals surface area contributed by atoms with Gasteiger partial charge < -0.3 is 29.2 Å². The van der Waals surface area contributed by atoms with Crippen LogP contribution < -0.4 is 0 Å². The largest absolute Gasteiger partial charge is 0.479 e. The number of esters is 4. The van der Waals surface area contributed by atoms with E-state index < -0.39 is 60.4 Å². The zero-order valence-corrected chi connectivity index (χ0v) is 15.0. The van der Waals surface area contributed by atoms with E-state index >= 15 is 0 Å². The van der Waals surface area contributed by atoms with Crippen molar-refractivity contribution < 1.29 is 53.1 Å². The molecule has 0 radical (unpaired) electrons.